The average molecular weight is 408 g/mol. The van der Waals surface area contributed by atoms with Gasteiger partial charge in [-0.3, -0.25) is 9.59 Å². The van der Waals surface area contributed by atoms with Gasteiger partial charge in [0.05, 0.1) is 24.5 Å². The van der Waals surface area contributed by atoms with Crippen LogP contribution < -0.4 is 19.7 Å². The fourth-order valence-corrected chi connectivity index (χ4v) is 4.86. The first kappa shape index (κ1) is 17.5. The van der Waals surface area contributed by atoms with Crippen LogP contribution in [0.2, 0.25) is 0 Å². The van der Waals surface area contributed by atoms with Crippen molar-refractivity contribution in [3.63, 3.8) is 0 Å². The highest BCUT2D eigenvalue weighted by molar-refractivity contribution is 6.05. The second-order valence-corrected chi connectivity index (χ2v) is 7.86. The van der Waals surface area contributed by atoms with Gasteiger partial charge in [-0.1, -0.05) is 18.2 Å². The minimum atomic E-state index is -0.845. The number of hydrogen-bond donors (Lipinski definition) is 1. The third-order valence-electron chi connectivity index (χ3n) is 6.16. The molecule has 2 saturated heterocycles. The molecule has 8 heteroatoms. The van der Waals surface area contributed by atoms with Gasteiger partial charge in [-0.25, -0.2) is 4.39 Å². The zero-order valence-electron chi connectivity index (χ0n) is 15.7. The van der Waals surface area contributed by atoms with Gasteiger partial charge in [0.1, 0.15) is 11.4 Å². The molecule has 30 heavy (non-hydrogen) atoms. The van der Waals surface area contributed by atoms with Crippen molar-refractivity contribution >= 4 is 23.2 Å². The van der Waals surface area contributed by atoms with Gasteiger partial charge in [0.25, 0.3) is 0 Å². The van der Waals surface area contributed by atoms with E-state index in [1.807, 2.05) is 12.2 Å². The summed E-state index contributed by atoms with van der Waals surface area (Å²) in [6.07, 6.45) is 3.24. The van der Waals surface area contributed by atoms with Crippen molar-refractivity contribution in [3.05, 3.63) is 60.4 Å². The Kier molecular flexibility index (Phi) is 3.53. The van der Waals surface area contributed by atoms with E-state index in [9.17, 15) is 14.0 Å². The molecule has 1 N–H and O–H groups in total. The maximum atomic E-state index is 13.5. The molecule has 2 amide bonds. The fourth-order valence-electron chi connectivity index (χ4n) is 4.86. The predicted molar refractivity (Wildman–Crippen MR) is 104 cm³/mol. The van der Waals surface area contributed by atoms with E-state index in [0.29, 0.717) is 29.4 Å². The zero-order valence-corrected chi connectivity index (χ0v) is 15.7. The molecule has 4 aliphatic rings. The van der Waals surface area contributed by atoms with Crippen LogP contribution in [0.5, 0.6) is 11.5 Å². The van der Waals surface area contributed by atoms with Gasteiger partial charge in [-0.2, -0.15) is 0 Å². The largest absolute Gasteiger partial charge is 0.454 e. The lowest BCUT2D eigenvalue weighted by Gasteiger charge is -2.23. The van der Waals surface area contributed by atoms with Crippen LogP contribution in [0.1, 0.15) is 0 Å². The number of ether oxygens (including phenoxy) is 3. The molecule has 0 aliphatic carbocycles. The van der Waals surface area contributed by atoms with Gasteiger partial charge in [-0.15, -0.1) is 0 Å². The van der Waals surface area contributed by atoms with Crippen LogP contribution in [0.25, 0.3) is 0 Å². The fraction of sp³-hybridized carbons (Fsp3) is 0.273. The number of amides is 2. The molecule has 2 bridgehead atoms. The standard InChI is InChI=1S/C22H17FN2O5/c23-12-2-1-3-13(8-12)24-20(26)18-16-6-7-22(30-16)10-25(21(27)19(18)22)14-4-5-15-17(9-14)29-11-28-15/h1-9,16,18-19H,10-11H2,(H,24,26)/t16-,18+,19-,22+/m0/s1. The first-order valence-electron chi connectivity index (χ1n) is 9.69. The minimum absolute atomic E-state index is 0.148. The highest BCUT2D eigenvalue weighted by Crippen LogP contribution is 2.53. The van der Waals surface area contributed by atoms with Crippen molar-refractivity contribution in [3.8, 4) is 11.5 Å². The first-order valence-corrected chi connectivity index (χ1v) is 9.69. The monoisotopic (exact) mass is 408 g/mol. The van der Waals surface area contributed by atoms with Crippen LogP contribution in [0.3, 0.4) is 0 Å². The van der Waals surface area contributed by atoms with Crippen LogP contribution >= 0.6 is 0 Å². The van der Waals surface area contributed by atoms with E-state index in [1.165, 1.54) is 18.2 Å². The van der Waals surface area contributed by atoms with Gasteiger partial charge in [-0.05, 0) is 30.3 Å². The Labute approximate surface area is 171 Å². The molecule has 0 radical (unpaired) electrons. The van der Waals surface area contributed by atoms with Crippen molar-refractivity contribution < 1.29 is 28.2 Å². The summed E-state index contributed by atoms with van der Waals surface area (Å²) in [6, 6.07) is 11.0. The normalized spacial score (nSPS) is 30.1. The number of nitrogens with zero attached hydrogens (tertiary/aromatic N) is 1. The molecule has 4 aliphatic heterocycles. The number of halogens is 1. The van der Waals surface area contributed by atoms with E-state index in [1.54, 1.807) is 29.2 Å². The number of benzene rings is 2. The Morgan fingerprint density at radius 1 is 1.17 bits per heavy atom. The van der Waals surface area contributed by atoms with Crippen molar-refractivity contribution in [2.45, 2.75) is 11.7 Å². The molecule has 1 spiro atoms. The van der Waals surface area contributed by atoms with Gasteiger partial charge >= 0.3 is 0 Å². The summed E-state index contributed by atoms with van der Waals surface area (Å²) in [5, 5.41) is 2.73. The quantitative estimate of drug-likeness (QED) is 0.790. The lowest BCUT2D eigenvalue weighted by molar-refractivity contribution is -0.128. The number of nitrogens with one attached hydrogen (secondary N) is 1. The number of fused-ring (bicyclic) bond motifs is 2. The van der Waals surface area contributed by atoms with Gasteiger partial charge in [0.2, 0.25) is 18.6 Å². The van der Waals surface area contributed by atoms with Gasteiger partial charge in [0, 0.05) is 17.4 Å². The Morgan fingerprint density at radius 2 is 2.03 bits per heavy atom. The second kappa shape index (κ2) is 6.06. The summed E-state index contributed by atoms with van der Waals surface area (Å²) in [5.74, 6) is -1.11. The lowest BCUT2D eigenvalue weighted by atomic mass is 9.77. The Balaban J connectivity index is 1.30. The van der Waals surface area contributed by atoms with Crippen molar-refractivity contribution in [2.24, 2.45) is 11.8 Å². The smallest absolute Gasteiger partial charge is 0.234 e. The SMILES string of the molecule is O=C(Nc1cccc(F)c1)[C@@H]1[C@@H]2C=C[C@]3(CN(c4ccc5c(c4)OCO5)C(=O)[C@H]13)O2. The minimum Gasteiger partial charge on any atom is -0.454 e. The highest BCUT2D eigenvalue weighted by atomic mass is 19.1. The maximum Gasteiger partial charge on any atom is 0.234 e. The van der Waals surface area contributed by atoms with E-state index in [0.717, 1.165) is 0 Å². The molecule has 4 atom stereocenters. The third kappa shape index (κ3) is 2.40. The van der Waals surface area contributed by atoms with E-state index in [-0.39, 0.29) is 18.6 Å². The predicted octanol–water partition coefficient (Wildman–Crippen LogP) is 2.48. The number of rotatable bonds is 3. The van der Waals surface area contributed by atoms with Crippen LogP contribution in [0, 0.1) is 17.7 Å². The lowest BCUT2D eigenvalue weighted by Crippen LogP contribution is -2.41. The third-order valence-corrected chi connectivity index (χ3v) is 6.16. The summed E-state index contributed by atoms with van der Waals surface area (Å²) in [4.78, 5) is 28.1. The molecule has 0 aromatic heterocycles. The number of carbonyl (C=O) groups is 2. The van der Waals surface area contributed by atoms with Crippen LogP contribution in [0.4, 0.5) is 15.8 Å². The molecule has 0 saturated carbocycles. The van der Waals surface area contributed by atoms with Crippen LogP contribution in [-0.4, -0.2) is 36.9 Å². The van der Waals surface area contributed by atoms with Crippen molar-refractivity contribution in [1.82, 2.24) is 0 Å². The average Bonchev–Trinajstić information content (AvgIpc) is 3.48. The van der Waals surface area contributed by atoms with E-state index in [4.69, 9.17) is 14.2 Å². The Morgan fingerprint density at radius 3 is 2.90 bits per heavy atom. The molecule has 2 aromatic rings. The molecule has 152 valence electrons. The van der Waals surface area contributed by atoms with E-state index in [2.05, 4.69) is 5.32 Å². The number of anilines is 2. The molecule has 6 rings (SSSR count). The summed E-state index contributed by atoms with van der Waals surface area (Å²) in [5.41, 5.74) is 0.166. The molecule has 4 heterocycles. The van der Waals surface area contributed by atoms with Gasteiger partial charge < -0.3 is 24.4 Å². The number of carbonyl (C=O) groups excluding carboxylic acids is 2. The molecule has 7 nitrogen and oxygen atoms in total. The van der Waals surface area contributed by atoms with E-state index < -0.39 is 29.4 Å². The summed E-state index contributed by atoms with van der Waals surface area (Å²) >= 11 is 0. The molecule has 0 unspecified atom stereocenters. The van der Waals surface area contributed by atoms with E-state index >= 15 is 0 Å². The molecule has 2 fully saturated rings. The van der Waals surface area contributed by atoms with Crippen molar-refractivity contribution in [1.29, 1.82) is 0 Å². The summed E-state index contributed by atoms with van der Waals surface area (Å²) < 4.78 is 30.4. The van der Waals surface area contributed by atoms with Gasteiger partial charge in [0.15, 0.2) is 11.5 Å². The van der Waals surface area contributed by atoms with Crippen LogP contribution in [-0.2, 0) is 14.3 Å². The topological polar surface area (TPSA) is 77.1 Å². The zero-order chi connectivity index (χ0) is 20.5. The Hall–Kier alpha value is -3.39. The molecular weight excluding hydrogens is 391 g/mol. The first-order chi connectivity index (χ1) is 14.5. The summed E-state index contributed by atoms with van der Waals surface area (Å²) in [6.45, 7) is 0.460. The highest BCUT2D eigenvalue weighted by Gasteiger charge is 2.67. The maximum absolute atomic E-state index is 13.5. The number of hydrogen-bond acceptors (Lipinski definition) is 5. The molecular formula is C22H17FN2O5. The molecule has 2 aromatic carbocycles. The summed E-state index contributed by atoms with van der Waals surface area (Å²) in [7, 11) is 0. The van der Waals surface area contributed by atoms with Crippen LogP contribution in [0.15, 0.2) is 54.6 Å². The second-order valence-electron chi connectivity index (χ2n) is 7.86. The Bertz CT molecular complexity index is 1120. The van der Waals surface area contributed by atoms with Crippen molar-refractivity contribution in [2.75, 3.05) is 23.6 Å².